The third kappa shape index (κ3) is 4.85. The molecule has 2 rings (SSSR count). The quantitative estimate of drug-likeness (QED) is 0.645. The maximum Gasteiger partial charge on any atom is 0.341 e. The van der Waals surface area contributed by atoms with Gasteiger partial charge in [0.15, 0.2) is 0 Å². The van der Waals surface area contributed by atoms with E-state index in [1.54, 1.807) is 11.8 Å². The number of carbonyl (C=O) groups is 3. The minimum atomic E-state index is -0.569. The van der Waals surface area contributed by atoms with E-state index in [4.69, 9.17) is 4.74 Å². The first-order valence-corrected chi connectivity index (χ1v) is 10.6. The van der Waals surface area contributed by atoms with Gasteiger partial charge in [0.05, 0.1) is 23.5 Å². The summed E-state index contributed by atoms with van der Waals surface area (Å²) in [5.74, 6) is -1.29. The molecule has 1 aromatic carbocycles. The highest BCUT2D eigenvalue weighted by Gasteiger charge is 2.29. The van der Waals surface area contributed by atoms with Crippen molar-refractivity contribution in [1.29, 1.82) is 0 Å². The Balaban J connectivity index is 2.43. The van der Waals surface area contributed by atoms with Gasteiger partial charge in [-0.2, -0.15) is 0 Å². The first-order chi connectivity index (χ1) is 13.9. The topological polar surface area (TPSA) is 75.7 Å². The number of thiophene rings is 1. The first-order valence-electron chi connectivity index (χ1n) is 9.76. The fourth-order valence-corrected chi connectivity index (χ4v) is 4.43. The highest BCUT2D eigenvalue weighted by Crippen LogP contribution is 2.35. The molecule has 0 fully saturated rings. The summed E-state index contributed by atoms with van der Waals surface area (Å²) in [5.41, 5.74) is 1.67. The van der Waals surface area contributed by atoms with Crippen LogP contribution in [-0.4, -0.2) is 42.9 Å². The van der Waals surface area contributed by atoms with Crippen molar-refractivity contribution in [2.45, 2.75) is 40.0 Å². The molecule has 1 aromatic heterocycles. The maximum absolute atomic E-state index is 13.0. The second-order valence-electron chi connectivity index (χ2n) is 6.59. The average Bonchev–Trinajstić information content (AvgIpc) is 3.05. The molecule has 0 radical (unpaired) electrons. The Hall–Kier alpha value is -2.67. The van der Waals surface area contributed by atoms with Crippen LogP contribution in [0.15, 0.2) is 30.3 Å². The van der Waals surface area contributed by atoms with Crippen LogP contribution in [0.1, 0.15) is 64.3 Å². The van der Waals surface area contributed by atoms with Crippen LogP contribution in [0.3, 0.4) is 0 Å². The zero-order valence-electron chi connectivity index (χ0n) is 17.6. The summed E-state index contributed by atoms with van der Waals surface area (Å²) in [6, 6.07) is 9.49. The summed E-state index contributed by atoms with van der Waals surface area (Å²) in [6.45, 7) is 8.58. The number of anilines is 1. The van der Waals surface area contributed by atoms with E-state index >= 15 is 0 Å². The van der Waals surface area contributed by atoms with Crippen molar-refractivity contribution in [3.63, 3.8) is 0 Å². The Labute approximate surface area is 175 Å². The van der Waals surface area contributed by atoms with E-state index in [1.807, 2.05) is 51.1 Å². The predicted molar refractivity (Wildman–Crippen MR) is 116 cm³/mol. The Morgan fingerprint density at radius 2 is 1.72 bits per heavy atom. The Morgan fingerprint density at radius 1 is 1.10 bits per heavy atom. The standard InChI is InChI=1S/C22H28N2O4S/c1-6-16(15-12-10-9-11-13-15)19(25)23-20-17(22(27)28-5)14(4)18(29-20)21(26)24(7-2)8-3/h9-13,16H,6-8H2,1-5H3,(H,23,25)/t16-/m1/s1. The number of nitrogens with zero attached hydrogens (tertiary/aromatic N) is 1. The fourth-order valence-electron chi connectivity index (χ4n) is 3.26. The third-order valence-corrected chi connectivity index (χ3v) is 6.14. The molecule has 2 amide bonds. The monoisotopic (exact) mass is 416 g/mol. The van der Waals surface area contributed by atoms with Crippen LogP contribution in [-0.2, 0) is 9.53 Å². The van der Waals surface area contributed by atoms with Crippen molar-refractivity contribution in [2.24, 2.45) is 0 Å². The van der Waals surface area contributed by atoms with Gasteiger partial charge in [0.1, 0.15) is 5.00 Å². The number of ether oxygens (including phenoxy) is 1. The van der Waals surface area contributed by atoms with Crippen LogP contribution < -0.4 is 5.32 Å². The zero-order chi connectivity index (χ0) is 21.6. The van der Waals surface area contributed by atoms with Crippen molar-refractivity contribution in [3.8, 4) is 0 Å². The van der Waals surface area contributed by atoms with Crippen LogP contribution in [0.2, 0.25) is 0 Å². The molecule has 0 bridgehead atoms. The number of amides is 2. The van der Waals surface area contributed by atoms with Gasteiger partial charge in [0.2, 0.25) is 5.91 Å². The Morgan fingerprint density at radius 3 is 2.24 bits per heavy atom. The molecule has 0 aliphatic carbocycles. The van der Waals surface area contributed by atoms with Gasteiger partial charge in [-0.1, -0.05) is 37.3 Å². The lowest BCUT2D eigenvalue weighted by Gasteiger charge is -2.18. The van der Waals surface area contributed by atoms with E-state index in [9.17, 15) is 14.4 Å². The molecule has 2 aromatic rings. The van der Waals surface area contributed by atoms with E-state index in [0.29, 0.717) is 35.0 Å². The second kappa shape index (κ2) is 10.2. The normalized spacial score (nSPS) is 11.6. The van der Waals surface area contributed by atoms with Gasteiger partial charge in [-0.15, -0.1) is 11.3 Å². The van der Waals surface area contributed by atoms with Crippen LogP contribution in [0, 0.1) is 6.92 Å². The summed E-state index contributed by atoms with van der Waals surface area (Å²) >= 11 is 1.12. The summed E-state index contributed by atoms with van der Waals surface area (Å²) in [5, 5.41) is 3.23. The van der Waals surface area contributed by atoms with Crippen molar-refractivity contribution < 1.29 is 19.1 Å². The third-order valence-electron chi connectivity index (χ3n) is 4.94. The van der Waals surface area contributed by atoms with Gasteiger partial charge < -0.3 is 15.0 Å². The zero-order valence-corrected chi connectivity index (χ0v) is 18.4. The smallest absolute Gasteiger partial charge is 0.341 e. The van der Waals surface area contributed by atoms with E-state index in [-0.39, 0.29) is 23.3 Å². The Kier molecular flexibility index (Phi) is 7.96. The Bertz CT molecular complexity index is 872. The van der Waals surface area contributed by atoms with Crippen LogP contribution in [0.4, 0.5) is 5.00 Å². The summed E-state index contributed by atoms with van der Waals surface area (Å²) in [7, 11) is 1.29. The molecule has 0 aliphatic rings. The van der Waals surface area contributed by atoms with Crippen molar-refractivity contribution in [1.82, 2.24) is 4.90 Å². The second-order valence-corrected chi connectivity index (χ2v) is 7.61. The largest absolute Gasteiger partial charge is 0.465 e. The number of esters is 1. The maximum atomic E-state index is 13.0. The van der Waals surface area contributed by atoms with Gasteiger partial charge in [-0.3, -0.25) is 9.59 Å². The van der Waals surface area contributed by atoms with Gasteiger partial charge in [0, 0.05) is 13.1 Å². The molecule has 6 nitrogen and oxygen atoms in total. The molecule has 0 saturated carbocycles. The van der Waals surface area contributed by atoms with Crippen LogP contribution in [0.25, 0.3) is 0 Å². The van der Waals surface area contributed by atoms with Crippen molar-refractivity contribution in [3.05, 3.63) is 51.9 Å². The minimum absolute atomic E-state index is 0.154. The number of methoxy groups -OCH3 is 1. The van der Waals surface area contributed by atoms with E-state index in [1.165, 1.54) is 7.11 Å². The molecule has 0 unspecified atom stereocenters. The van der Waals surface area contributed by atoms with Crippen molar-refractivity contribution in [2.75, 3.05) is 25.5 Å². The number of hydrogen-bond acceptors (Lipinski definition) is 5. The molecule has 29 heavy (non-hydrogen) atoms. The number of hydrogen-bond donors (Lipinski definition) is 1. The van der Waals surface area contributed by atoms with Gasteiger partial charge in [-0.05, 0) is 38.3 Å². The number of carbonyl (C=O) groups excluding carboxylic acids is 3. The van der Waals surface area contributed by atoms with Crippen LogP contribution >= 0.6 is 11.3 Å². The molecule has 0 spiro atoms. The van der Waals surface area contributed by atoms with Crippen molar-refractivity contribution >= 4 is 34.1 Å². The lowest BCUT2D eigenvalue weighted by Crippen LogP contribution is -2.30. The van der Waals surface area contributed by atoms with E-state index in [0.717, 1.165) is 16.9 Å². The first kappa shape index (κ1) is 22.6. The minimum Gasteiger partial charge on any atom is -0.465 e. The highest BCUT2D eigenvalue weighted by molar-refractivity contribution is 7.18. The summed E-state index contributed by atoms with van der Waals surface area (Å²) < 4.78 is 4.91. The molecular formula is C22H28N2O4S. The number of rotatable bonds is 8. The number of benzene rings is 1. The summed E-state index contributed by atoms with van der Waals surface area (Å²) in [6.07, 6.45) is 0.610. The van der Waals surface area contributed by atoms with Crippen LogP contribution in [0.5, 0.6) is 0 Å². The average molecular weight is 417 g/mol. The molecule has 1 atom stereocenters. The molecule has 7 heteroatoms. The molecule has 1 N–H and O–H groups in total. The molecule has 0 saturated heterocycles. The predicted octanol–water partition coefficient (Wildman–Crippen LogP) is 4.46. The lowest BCUT2D eigenvalue weighted by molar-refractivity contribution is -0.117. The van der Waals surface area contributed by atoms with Gasteiger partial charge in [-0.25, -0.2) is 4.79 Å². The van der Waals surface area contributed by atoms with E-state index < -0.39 is 5.97 Å². The van der Waals surface area contributed by atoms with E-state index in [2.05, 4.69) is 5.32 Å². The lowest BCUT2D eigenvalue weighted by atomic mass is 9.95. The highest BCUT2D eigenvalue weighted by atomic mass is 32.1. The number of nitrogens with one attached hydrogen (secondary N) is 1. The molecule has 1 heterocycles. The SMILES string of the molecule is CC[C@@H](C(=O)Nc1sc(C(=O)N(CC)CC)c(C)c1C(=O)OC)c1ccccc1. The fraction of sp³-hybridized carbons (Fsp3) is 0.409. The molecular weight excluding hydrogens is 388 g/mol. The van der Waals surface area contributed by atoms with Gasteiger partial charge in [0.25, 0.3) is 5.91 Å². The molecule has 156 valence electrons. The summed E-state index contributed by atoms with van der Waals surface area (Å²) in [4.78, 5) is 40.4. The van der Waals surface area contributed by atoms with Gasteiger partial charge >= 0.3 is 5.97 Å². The molecule has 0 aliphatic heterocycles.